The van der Waals surface area contributed by atoms with Crippen LogP contribution in [0.2, 0.25) is 0 Å². The molecule has 1 fully saturated rings. The maximum atomic E-state index is 12.3. The Balaban J connectivity index is 1.70. The van der Waals surface area contributed by atoms with Gasteiger partial charge in [0.15, 0.2) is 6.10 Å². The third-order valence-electron chi connectivity index (χ3n) is 3.67. The topological polar surface area (TPSA) is 61.8 Å². The highest BCUT2D eigenvalue weighted by Crippen LogP contribution is 2.29. The van der Waals surface area contributed by atoms with Gasteiger partial charge in [0, 0.05) is 13.1 Å². The molecule has 5 nitrogen and oxygen atoms in total. The van der Waals surface area contributed by atoms with E-state index in [1.165, 1.54) is 0 Å². The first-order chi connectivity index (χ1) is 9.05. The Bertz CT molecular complexity index is 501. The van der Waals surface area contributed by atoms with Gasteiger partial charge in [-0.2, -0.15) is 0 Å². The molecule has 2 atom stereocenters. The normalized spacial score (nSPS) is 29.4. The van der Waals surface area contributed by atoms with Crippen LogP contribution in [0.3, 0.4) is 0 Å². The number of anilines is 1. The average Bonchev–Trinajstić information content (AvgIpc) is 2.78. The third-order valence-corrected chi connectivity index (χ3v) is 3.67. The summed E-state index contributed by atoms with van der Waals surface area (Å²) in [4.78, 5) is 14.0. The van der Waals surface area contributed by atoms with Crippen molar-refractivity contribution in [3.05, 3.63) is 24.3 Å². The van der Waals surface area contributed by atoms with Crippen LogP contribution >= 0.6 is 0 Å². The van der Waals surface area contributed by atoms with Crippen molar-refractivity contribution in [1.82, 2.24) is 4.90 Å². The second kappa shape index (κ2) is 4.42. The maximum Gasteiger partial charge on any atom is 0.265 e. The number of β-amino-alcohol motifs (C(OH)–C–C–N with tert-alkyl or cyclic N) is 1. The lowest BCUT2D eigenvalue weighted by Gasteiger charge is -2.29. The van der Waals surface area contributed by atoms with E-state index in [2.05, 4.69) is 5.32 Å². The SMILES string of the molecule is CC1(O)CCN(C(=O)C2CNc3ccccc3O2)C1. The first kappa shape index (κ1) is 12.3. The van der Waals surface area contributed by atoms with Gasteiger partial charge in [0.05, 0.1) is 17.8 Å². The number of hydrogen-bond acceptors (Lipinski definition) is 4. The molecule has 1 saturated heterocycles. The number of carbonyl (C=O) groups excluding carboxylic acids is 1. The van der Waals surface area contributed by atoms with Gasteiger partial charge < -0.3 is 20.1 Å². The predicted molar refractivity (Wildman–Crippen MR) is 71.2 cm³/mol. The number of fused-ring (bicyclic) bond motifs is 1. The number of benzene rings is 1. The van der Waals surface area contributed by atoms with Crippen molar-refractivity contribution in [2.24, 2.45) is 0 Å². The predicted octanol–water partition coefficient (Wildman–Crippen LogP) is 0.843. The zero-order valence-electron chi connectivity index (χ0n) is 10.9. The molecule has 0 spiro atoms. The molecule has 1 aromatic rings. The Morgan fingerprint density at radius 1 is 1.53 bits per heavy atom. The molecule has 102 valence electrons. The Hall–Kier alpha value is -1.75. The van der Waals surface area contributed by atoms with E-state index in [1.807, 2.05) is 24.3 Å². The number of hydrogen-bond donors (Lipinski definition) is 2. The van der Waals surface area contributed by atoms with E-state index >= 15 is 0 Å². The van der Waals surface area contributed by atoms with Crippen molar-refractivity contribution in [3.63, 3.8) is 0 Å². The molecule has 3 rings (SSSR count). The number of nitrogens with zero attached hydrogens (tertiary/aromatic N) is 1. The van der Waals surface area contributed by atoms with E-state index in [0.717, 1.165) is 5.69 Å². The first-order valence-corrected chi connectivity index (χ1v) is 6.56. The molecular weight excluding hydrogens is 244 g/mol. The summed E-state index contributed by atoms with van der Waals surface area (Å²) in [5.74, 6) is 0.651. The highest BCUT2D eigenvalue weighted by Gasteiger charge is 2.38. The number of carbonyl (C=O) groups is 1. The van der Waals surface area contributed by atoms with Gasteiger partial charge in [-0.1, -0.05) is 12.1 Å². The number of likely N-dealkylation sites (tertiary alicyclic amines) is 1. The van der Waals surface area contributed by atoms with E-state index in [1.54, 1.807) is 11.8 Å². The number of para-hydroxylation sites is 2. The van der Waals surface area contributed by atoms with Gasteiger partial charge in [0.1, 0.15) is 5.75 Å². The fourth-order valence-electron chi connectivity index (χ4n) is 2.59. The van der Waals surface area contributed by atoms with E-state index < -0.39 is 11.7 Å². The smallest absolute Gasteiger partial charge is 0.265 e. The Morgan fingerprint density at radius 2 is 2.32 bits per heavy atom. The van der Waals surface area contributed by atoms with Crippen molar-refractivity contribution >= 4 is 11.6 Å². The summed E-state index contributed by atoms with van der Waals surface area (Å²) in [7, 11) is 0. The highest BCUT2D eigenvalue weighted by atomic mass is 16.5. The van der Waals surface area contributed by atoms with Crippen molar-refractivity contribution in [3.8, 4) is 5.75 Å². The zero-order chi connectivity index (χ0) is 13.5. The second-order valence-electron chi connectivity index (χ2n) is 5.49. The lowest BCUT2D eigenvalue weighted by molar-refractivity contribution is -0.138. The van der Waals surface area contributed by atoms with Gasteiger partial charge in [0.25, 0.3) is 5.91 Å². The lowest BCUT2D eigenvalue weighted by Crippen LogP contribution is -2.47. The summed E-state index contributed by atoms with van der Waals surface area (Å²) in [6.07, 6.45) is 0.110. The summed E-state index contributed by atoms with van der Waals surface area (Å²) < 4.78 is 5.74. The molecule has 0 saturated carbocycles. The van der Waals surface area contributed by atoms with Crippen molar-refractivity contribution in [2.45, 2.75) is 25.0 Å². The summed E-state index contributed by atoms with van der Waals surface area (Å²) >= 11 is 0. The Morgan fingerprint density at radius 3 is 3.05 bits per heavy atom. The van der Waals surface area contributed by atoms with Crippen molar-refractivity contribution in [1.29, 1.82) is 0 Å². The van der Waals surface area contributed by atoms with Gasteiger partial charge >= 0.3 is 0 Å². The molecule has 2 unspecified atom stereocenters. The number of rotatable bonds is 1. The molecule has 2 N–H and O–H groups in total. The van der Waals surface area contributed by atoms with Crippen LogP contribution in [-0.4, -0.2) is 47.3 Å². The zero-order valence-corrected chi connectivity index (χ0v) is 10.9. The largest absolute Gasteiger partial charge is 0.477 e. The van der Waals surface area contributed by atoms with Gasteiger partial charge in [-0.15, -0.1) is 0 Å². The number of nitrogens with one attached hydrogen (secondary N) is 1. The van der Waals surface area contributed by atoms with Crippen molar-refractivity contribution in [2.75, 3.05) is 25.0 Å². The molecule has 0 radical (unpaired) electrons. The molecule has 0 aromatic heterocycles. The standard InChI is InChI=1S/C14H18N2O3/c1-14(18)6-7-16(9-14)13(17)12-8-15-10-4-2-3-5-11(10)19-12/h2-5,12,15,18H,6-9H2,1H3. The first-order valence-electron chi connectivity index (χ1n) is 6.56. The molecular formula is C14H18N2O3. The van der Waals surface area contributed by atoms with Gasteiger partial charge in [-0.05, 0) is 25.5 Å². The van der Waals surface area contributed by atoms with Gasteiger partial charge in [-0.25, -0.2) is 0 Å². The Labute approximate surface area is 112 Å². The molecule has 2 heterocycles. The van der Waals surface area contributed by atoms with E-state index in [0.29, 0.717) is 31.8 Å². The molecule has 19 heavy (non-hydrogen) atoms. The number of amides is 1. The van der Waals surface area contributed by atoms with Crippen molar-refractivity contribution < 1.29 is 14.6 Å². The summed E-state index contributed by atoms with van der Waals surface area (Å²) in [6.45, 7) is 3.20. The molecule has 2 aliphatic rings. The molecule has 1 amide bonds. The van der Waals surface area contributed by atoms with Crippen LogP contribution in [0.15, 0.2) is 24.3 Å². The molecule has 2 aliphatic heterocycles. The van der Waals surface area contributed by atoms with E-state index in [4.69, 9.17) is 4.74 Å². The average molecular weight is 262 g/mol. The van der Waals surface area contributed by atoms with Crippen LogP contribution in [-0.2, 0) is 4.79 Å². The minimum absolute atomic E-state index is 0.0558. The van der Waals surface area contributed by atoms with Crippen LogP contribution in [0, 0.1) is 0 Å². The number of aliphatic hydroxyl groups is 1. The maximum absolute atomic E-state index is 12.3. The minimum atomic E-state index is -0.768. The molecule has 1 aromatic carbocycles. The molecule has 0 aliphatic carbocycles. The molecule has 0 bridgehead atoms. The summed E-state index contributed by atoms with van der Waals surface area (Å²) in [5, 5.41) is 13.1. The van der Waals surface area contributed by atoms with Crippen LogP contribution in [0.1, 0.15) is 13.3 Å². The van der Waals surface area contributed by atoms with E-state index in [-0.39, 0.29) is 5.91 Å². The van der Waals surface area contributed by atoms with Gasteiger partial charge in [0.2, 0.25) is 0 Å². The fraction of sp³-hybridized carbons (Fsp3) is 0.500. The van der Waals surface area contributed by atoms with Crippen LogP contribution in [0.25, 0.3) is 0 Å². The summed E-state index contributed by atoms with van der Waals surface area (Å²) in [5.41, 5.74) is 0.148. The monoisotopic (exact) mass is 262 g/mol. The Kier molecular flexibility index (Phi) is 2.86. The lowest BCUT2D eigenvalue weighted by atomic mass is 10.1. The quantitative estimate of drug-likeness (QED) is 0.787. The third kappa shape index (κ3) is 2.38. The minimum Gasteiger partial charge on any atom is -0.477 e. The number of ether oxygens (including phenoxy) is 1. The summed E-state index contributed by atoms with van der Waals surface area (Å²) in [6, 6.07) is 7.58. The van der Waals surface area contributed by atoms with Crippen LogP contribution in [0.4, 0.5) is 5.69 Å². The highest BCUT2D eigenvalue weighted by molar-refractivity contribution is 5.83. The van der Waals surface area contributed by atoms with Crippen LogP contribution < -0.4 is 10.1 Å². The molecule has 5 heteroatoms. The second-order valence-corrected chi connectivity index (χ2v) is 5.49. The fourth-order valence-corrected chi connectivity index (χ4v) is 2.59. The van der Waals surface area contributed by atoms with Gasteiger partial charge in [-0.3, -0.25) is 4.79 Å². The van der Waals surface area contributed by atoms with Crippen LogP contribution in [0.5, 0.6) is 5.75 Å². The van der Waals surface area contributed by atoms with E-state index in [9.17, 15) is 9.90 Å².